The molecule has 0 aliphatic carbocycles. The van der Waals surface area contributed by atoms with Crippen molar-refractivity contribution in [2.24, 2.45) is 0 Å². The minimum Gasteiger partial charge on any atom is -0.358 e. The van der Waals surface area contributed by atoms with E-state index in [0.29, 0.717) is 0 Å². The quantitative estimate of drug-likeness (QED) is 0.841. The zero-order valence-electron chi connectivity index (χ0n) is 7.00. The van der Waals surface area contributed by atoms with Gasteiger partial charge in [-0.05, 0) is 6.07 Å². The second-order valence-electron chi connectivity index (χ2n) is 2.73. The lowest BCUT2D eigenvalue weighted by molar-refractivity contribution is 0.101. The van der Waals surface area contributed by atoms with Crippen LogP contribution in [0.4, 0.5) is 0 Å². The van der Waals surface area contributed by atoms with Gasteiger partial charge in [-0.15, -0.1) is 12.4 Å². The van der Waals surface area contributed by atoms with E-state index in [2.05, 4.69) is 27.3 Å². The monoisotopic (exact) mass is 263 g/mol. The Labute approximate surface area is 92.2 Å². The van der Waals surface area contributed by atoms with E-state index < -0.39 is 0 Å². The van der Waals surface area contributed by atoms with Crippen LogP contribution in [-0.4, -0.2) is 13.2 Å². The van der Waals surface area contributed by atoms with Crippen LogP contribution in [0.2, 0.25) is 0 Å². The number of halogens is 2. The Morgan fingerprint density at radius 3 is 2.77 bits per heavy atom. The fourth-order valence-corrected chi connectivity index (χ4v) is 1.81. The molecule has 1 fully saturated rings. The van der Waals surface area contributed by atoms with E-state index in [1.807, 2.05) is 18.2 Å². The molecule has 1 heterocycles. The summed E-state index contributed by atoms with van der Waals surface area (Å²) in [5.41, 5.74) is 1.18. The van der Waals surface area contributed by atoms with Gasteiger partial charge in [0.25, 0.3) is 0 Å². The van der Waals surface area contributed by atoms with Gasteiger partial charge >= 0.3 is 0 Å². The fraction of sp³-hybridized carbons (Fsp3) is 0.333. The first-order valence-corrected chi connectivity index (χ1v) is 4.76. The van der Waals surface area contributed by atoms with E-state index in [4.69, 9.17) is 4.74 Å². The van der Waals surface area contributed by atoms with Gasteiger partial charge in [0, 0.05) is 16.6 Å². The zero-order chi connectivity index (χ0) is 8.39. The van der Waals surface area contributed by atoms with Crippen LogP contribution in [-0.2, 0) is 4.74 Å². The van der Waals surface area contributed by atoms with Crippen LogP contribution in [0, 0.1) is 0 Å². The Bertz CT molecular complexity index is 276. The number of ether oxygens (including phenoxy) is 1. The van der Waals surface area contributed by atoms with Gasteiger partial charge in [-0.2, -0.15) is 0 Å². The lowest BCUT2D eigenvalue weighted by atomic mass is 10.2. The average molecular weight is 265 g/mol. The Balaban J connectivity index is 0.000000845. The zero-order valence-corrected chi connectivity index (χ0v) is 9.40. The van der Waals surface area contributed by atoms with Crippen LogP contribution in [0.15, 0.2) is 28.7 Å². The molecule has 1 aromatic rings. The number of hydrogen-bond acceptors (Lipinski definition) is 2. The standard InChI is InChI=1S/C9H10BrNO.ClH/c10-8-4-2-1-3-7(8)9-11-5-6-12-9;/h1-4,9,11H,5-6H2;1H. The van der Waals surface area contributed by atoms with Crippen molar-refractivity contribution in [3.63, 3.8) is 0 Å². The van der Waals surface area contributed by atoms with Gasteiger partial charge in [0.15, 0.2) is 0 Å². The van der Waals surface area contributed by atoms with Gasteiger partial charge < -0.3 is 4.74 Å². The number of benzene rings is 1. The van der Waals surface area contributed by atoms with Crippen LogP contribution < -0.4 is 5.32 Å². The summed E-state index contributed by atoms with van der Waals surface area (Å²) in [4.78, 5) is 0. The average Bonchev–Trinajstić information content (AvgIpc) is 2.57. The molecule has 0 aromatic heterocycles. The molecule has 0 radical (unpaired) electrons. The molecule has 0 saturated carbocycles. The van der Waals surface area contributed by atoms with E-state index in [1.54, 1.807) is 0 Å². The maximum atomic E-state index is 5.48. The summed E-state index contributed by atoms with van der Waals surface area (Å²) in [5.74, 6) is 0. The summed E-state index contributed by atoms with van der Waals surface area (Å²) < 4.78 is 6.58. The SMILES string of the molecule is Brc1ccccc1C1NCCO1.Cl. The molecule has 72 valence electrons. The second-order valence-corrected chi connectivity index (χ2v) is 3.58. The van der Waals surface area contributed by atoms with Crippen LogP contribution in [0.1, 0.15) is 11.8 Å². The number of rotatable bonds is 1. The predicted molar refractivity (Wildman–Crippen MR) is 58.1 cm³/mol. The molecule has 1 aliphatic heterocycles. The first-order chi connectivity index (χ1) is 5.88. The molecule has 13 heavy (non-hydrogen) atoms. The van der Waals surface area contributed by atoms with Crippen molar-refractivity contribution in [1.82, 2.24) is 5.32 Å². The largest absolute Gasteiger partial charge is 0.358 e. The van der Waals surface area contributed by atoms with Crippen molar-refractivity contribution in [1.29, 1.82) is 0 Å². The molecule has 1 saturated heterocycles. The lowest BCUT2D eigenvalue weighted by Gasteiger charge is -2.11. The Morgan fingerprint density at radius 2 is 2.15 bits per heavy atom. The van der Waals surface area contributed by atoms with E-state index in [-0.39, 0.29) is 18.6 Å². The van der Waals surface area contributed by atoms with Crippen LogP contribution in [0.25, 0.3) is 0 Å². The first-order valence-electron chi connectivity index (χ1n) is 3.97. The van der Waals surface area contributed by atoms with Gasteiger partial charge in [-0.3, -0.25) is 5.32 Å². The highest BCUT2D eigenvalue weighted by atomic mass is 79.9. The highest BCUT2D eigenvalue weighted by molar-refractivity contribution is 9.10. The Kier molecular flexibility index (Phi) is 4.19. The molecule has 1 N–H and O–H groups in total. The summed E-state index contributed by atoms with van der Waals surface area (Å²) in [6.07, 6.45) is 0.0700. The van der Waals surface area contributed by atoms with Gasteiger partial charge in [-0.1, -0.05) is 34.1 Å². The third-order valence-electron chi connectivity index (χ3n) is 1.90. The first kappa shape index (κ1) is 11.0. The molecule has 0 amide bonds. The van der Waals surface area contributed by atoms with Crippen molar-refractivity contribution in [2.75, 3.05) is 13.2 Å². The van der Waals surface area contributed by atoms with E-state index in [9.17, 15) is 0 Å². The van der Waals surface area contributed by atoms with Crippen molar-refractivity contribution in [3.8, 4) is 0 Å². The number of hydrogen-bond donors (Lipinski definition) is 1. The van der Waals surface area contributed by atoms with Crippen LogP contribution in [0.3, 0.4) is 0 Å². The van der Waals surface area contributed by atoms with Crippen molar-refractivity contribution >= 4 is 28.3 Å². The molecule has 1 unspecified atom stereocenters. The van der Waals surface area contributed by atoms with Crippen molar-refractivity contribution in [3.05, 3.63) is 34.3 Å². The Morgan fingerprint density at radius 1 is 1.38 bits per heavy atom. The smallest absolute Gasteiger partial charge is 0.135 e. The molecule has 2 rings (SSSR count). The molecule has 0 bridgehead atoms. The van der Waals surface area contributed by atoms with Gasteiger partial charge in [0.05, 0.1) is 6.61 Å². The van der Waals surface area contributed by atoms with E-state index in [0.717, 1.165) is 17.6 Å². The Hall–Kier alpha value is -0.0900. The summed E-state index contributed by atoms with van der Waals surface area (Å²) in [5, 5.41) is 3.26. The molecular weight excluding hydrogens is 253 g/mol. The molecule has 1 aliphatic rings. The fourth-order valence-electron chi connectivity index (χ4n) is 1.31. The maximum absolute atomic E-state index is 5.48. The van der Waals surface area contributed by atoms with E-state index in [1.165, 1.54) is 5.56 Å². The highest BCUT2D eigenvalue weighted by Crippen LogP contribution is 2.25. The third-order valence-corrected chi connectivity index (χ3v) is 2.63. The van der Waals surface area contributed by atoms with Crippen molar-refractivity contribution in [2.45, 2.75) is 6.23 Å². The molecule has 2 nitrogen and oxygen atoms in total. The summed E-state index contributed by atoms with van der Waals surface area (Å²) in [6, 6.07) is 8.11. The van der Waals surface area contributed by atoms with Gasteiger partial charge in [-0.25, -0.2) is 0 Å². The molecule has 1 aromatic carbocycles. The van der Waals surface area contributed by atoms with E-state index >= 15 is 0 Å². The summed E-state index contributed by atoms with van der Waals surface area (Å²) in [7, 11) is 0. The normalized spacial score (nSPS) is 21.2. The molecule has 0 spiro atoms. The second kappa shape index (κ2) is 4.96. The third kappa shape index (κ3) is 2.44. The maximum Gasteiger partial charge on any atom is 0.135 e. The van der Waals surface area contributed by atoms with Gasteiger partial charge in [0.2, 0.25) is 0 Å². The topological polar surface area (TPSA) is 21.3 Å². The van der Waals surface area contributed by atoms with Crippen LogP contribution in [0.5, 0.6) is 0 Å². The summed E-state index contributed by atoms with van der Waals surface area (Å²) >= 11 is 3.49. The molecule has 1 atom stereocenters. The lowest BCUT2D eigenvalue weighted by Crippen LogP contribution is -2.14. The minimum atomic E-state index is 0. The molecular formula is C9H11BrClNO. The summed E-state index contributed by atoms with van der Waals surface area (Å²) in [6.45, 7) is 1.73. The highest BCUT2D eigenvalue weighted by Gasteiger charge is 2.17. The van der Waals surface area contributed by atoms with Crippen LogP contribution >= 0.6 is 28.3 Å². The molecule has 4 heteroatoms. The minimum absolute atomic E-state index is 0. The predicted octanol–water partition coefficient (Wildman–Crippen LogP) is 2.49. The van der Waals surface area contributed by atoms with Crippen molar-refractivity contribution < 1.29 is 4.74 Å². The van der Waals surface area contributed by atoms with Gasteiger partial charge in [0.1, 0.15) is 6.23 Å². The number of nitrogens with one attached hydrogen (secondary N) is 1.